The van der Waals surface area contributed by atoms with E-state index in [1.54, 1.807) is 0 Å². The van der Waals surface area contributed by atoms with Crippen LogP contribution < -0.4 is 5.73 Å². The third kappa shape index (κ3) is 1.74. The molecule has 0 radical (unpaired) electrons. The van der Waals surface area contributed by atoms with E-state index in [0.717, 1.165) is 13.0 Å². The predicted molar refractivity (Wildman–Crippen MR) is 48.5 cm³/mol. The van der Waals surface area contributed by atoms with Gasteiger partial charge < -0.3 is 5.73 Å². The zero-order valence-corrected chi connectivity index (χ0v) is 8.09. The third-order valence-corrected chi connectivity index (χ3v) is 2.68. The molecular weight excluding hydrogens is 136 g/mol. The van der Waals surface area contributed by atoms with Crippen molar-refractivity contribution >= 4 is 0 Å². The summed E-state index contributed by atoms with van der Waals surface area (Å²) in [5, 5.41) is 0. The lowest BCUT2D eigenvalue weighted by molar-refractivity contribution is 0.126. The van der Waals surface area contributed by atoms with Crippen LogP contribution >= 0.6 is 0 Å². The maximum absolute atomic E-state index is 5.92. The molecule has 0 aliphatic carbocycles. The highest BCUT2D eigenvalue weighted by molar-refractivity contribution is 4.92. The van der Waals surface area contributed by atoms with Crippen LogP contribution in [-0.4, -0.2) is 29.1 Å². The van der Waals surface area contributed by atoms with Crippen LogP contribution in [0.3, 0.4) is 0 Å². The van der Waals surface area contributed by atoms with Crippen molar-refractivity contribution in [3.05, 3.63) is 0 Å². The van der Waals surface area contributed by atoms with Gasteiger partial charge in [-0.1, -0.05) is 0 Å². The minimum atomic E-state index is 0.285. The summed E-state index contributed by atoms with van der Waals surface area (Å²) < 4.78 is 0. The highest BCUT2D eigenvalue weighted by atomic mass is 15.2. The molecule has 0 unspecified atom stereocenters. The first-order chi connectivity index (χ1) is 4.93. The molecule has 0 amide bonds. The van der Waals surface area contributed by atoms with E-state index in [1.807, 2.05) is 0 Å². The van der Waals surface area contributed by atoms with E-state index in [9.17, 15) is 0 Å². The molecule has 1 saturated heterocycles. The highest BCUT2D eigenvalue weighted by Crippen LogP contribution is 2.24. The molecule has 1 fully saturated rings. The summed E-state index contributed by atoms with van der Waals surface area (Å²) in [6.45, 7) is 10.1. The van der Waals surface area contributed by atoms with E-state index in [2.05, 4.69) is 32.6 Å². The Hall–Kier alpha value is -0.0800. The average Bonchev–Trinajstić information content (AvgIpc) is 2.11. The summed E-state index contributed by atoms with van der Waals surface area (Å²) >= 11 is 0. The second-order valence-corrected chi connectivity index (χ2v) is 4.56. The van der Waals surface area contributed by atoms with Crippen LogP contribution in [0, 0.1) is 0 Å². The molecule has 2 nitrogen and oxygen atoms in total. The van der Waals surface area contributed by atoms with Gasteiger partial charge in [0.25, 0.3) is 0 Å². The highest BCUT2D eigenvalue weighted by Gasteiger charge is 2.34. The SMILES string of the molecule is C[C@@H]1[C@H](N)CCN1C(C)(C)C. The number of hydrogen-bond donors (Lipinski definition) is 1. The fourth-order valence-electron chi connectivity index (χ4n) is 1.91. The van der Waals surface area contributed by atoms with Gasteiger partial charge in [-0.15, -0.1) is 0 Å². The van der Waals surface area contributed by atoms with E-state index in [1.165, 1.54) is 0 Å². The Kier molecular flexibility index (Phi) is 2.26. The van der Waals surface area contributed by atoms with E-state index in [4.69, 9.17) is 5.73 Å². The van der Waals surface area contributed by atoms with E-state index >= 15 is 0 Å². The summed E-state index contributed by atoms with van der Waals surface area (Å²) in [5.41, 5.74) is 6.21. The Bertz CT molecular complexity index is 137. The predicted octanol–water partition coefficient (Wildman–Crippen LogP) is 1.21. The normalized spacial score (nSPS) is 34.6. The molecule has 66 valence electrons. The van der Waals surface area contributed by atoms with Gasteiger partial charge in [0.05, 0.1) is 0 Å². The van der Waals surface area contributed by atoms with Gasteiger partial charge in [0.1, 0.15) is 0 Å². The number of likely N-dealkylation sites (tertiary alicyclic amines) is 1. The first-order valence-electron chi connectivity index (χ1n) is 4.45. The van der Waals surface area contributed by atoms with Crippen LogP contribution in [0.1, 0.15) is 34.1 Å². The van der Waals surface area contributed by atoms with E-state index in [0.29, 0.717) is 12.1 Å². The van der Waals surface area contributed by atoms with Gasteiger partial charge >= 0.3 is 0 Å². The van der Waals surface area contributed by atoms with Crippen molar-refractivity contribution in [1.29, 1.82) is 0 Å². The van der Waals surface area contributed by atoms with Crippen LogP contribution in [0.25, 0.3) is 0 Å². The number of rotatable bonds is 0. The quantitative estimate of drug-likeness (QED) is 0.571. The molecule has 1 rings (SSSR count). The van der Waals surface area contributed by atoms with Crippen LogP contribution in [0.2, 0.25) is 0 Å². The monoisotopic (exact) mass is 156 g/mol. The molecule has 0 spiro atoms. The molecule has 2 heteroatoms. The lowest BCUT2D eigenvalue weighted by atomic mass is 10.0. The first-order valence-corrected chi connectivity index (χ1v) is 4.45. The van der Waals surface area contributed by atoms with Crippen molar-refractivity contribution in [1.82, 2.24) is 4.90 Å². The maximum atomic E-state index is 5.92. The number of nitrogens with zero attached hydrogens (tertiary/aromatic N) is 1. The van der Waals surface area contributed by atoms with Gasteiger partial charge in [0.2, 0.25) is 0 Å². The fourth-order valence-corrected chi connectivity index (χ4v) is 1.91. The fraction of sp³-hybridized carbons (Fsp3) is 1.00. The minimum Gasteiger partial charge on any atom is -0.326 e. The van der Waals surface area contributed by atoms with Crippen molar-refractivity contribution in [3.8, 4) is 0 Å². The van der Waals surface area contributed by atoms with Crippen LogP contribution in [-0.2, 0) is 0 Å². The topological polar surface area (TPSA) is 29.3 Å². The zero-order chi connectivity index (χ0) is 8.65. The molecule has 0 aromatic heterocycles. The van der Waals surface area contributed by atoms with Gasteiger partial charge in [0, 0.05) is 24.2 Å². The molecule has 0 aromatic rings. The van der Waals surface area contributed by atoms with Crippen LogP contribution in [0.15, 0.2) is 0 Å². The Morgan fingerprint density at radius 3 is 2.09 bits per heavy atom. The van der Waals surface area contributed by atoms with Crippen molar-refractivity contribution in [2.45, 2.75) is 51.7 Å². The third-order valence-electron chi connectivity index (χ3n) is 2.68. The molecule has 11 heavy (non-hydrogen) atoms. The lowest BCUT2D eigenvalue weighted by Crippen LogP contribution is -2.47. The number of hydrogen-bond acceptors (Lipinski definition) is 2. The van der Waals surface area contributed by atoms with Crippen LogP contribution in [0.4, 0.5) is 0 Å². The molecule has 0 aromatic carbocycles. The maximum Gasteiger partial charge on any atom is 0.0224 e. The second kappa shape index (κ2) is 2.76. The molecule has 0 saturated carbocycles. The van der Waals surface area contributed by atoms with Crippen molar-refractivity contribution in [2.24, 2.45) is 5.73 Å². The van der Waals surface area contributed by atoms with E-state index < -0.39 is 0 Å². The van der Waals surface area contributed by atoms with Crippen molar-refractivity contribution in [2.75, 3.05) is 6.54 Å². The van der Waals surface area contributed by atoms with Crippen molar-refractivity contribution in [3.63, 3.8) is 0 Å². The van der Waals surface area contributed by atoms with Gasteiger partial charge in [-0.25, -0.2) is 0 Å². The van der Waals surface area contributed by atoms with Crippen molar-refractivity contribution < 1.29 is 0 Å². The molecule has 1 aliphatic rings. The summed E-state index contributed by atoms with van der Waals surface area (Å²) in [6, 6.07) is 0.934. The zero-order valence-electron chi connectivity index (χ0n) is 8.09. The summed E-state index contributed by atoms with van der Waals surface area (Å²) in [7, 11) is 0. The molecule has 2 atom stereocenters. The largest absolute Gasteiger partial charge is 0.326 e. The van der Waals surface area contributed by atoms with Gasteiger partial charge in [-0.3, -0.25) is 4.90 Å². The molecule has 1 heterocycles. The van der Waals surface area contributed by atoms with Gasteiger partial charge in [-0.2, -0.15) is 0 Å². The second-order valence-electron chi connectivity index (χ2n) is 4.56. The Labute approximate surface area is 69.8 Å². The summed E-state index contributed by atoms with van der Waals surface area (Å²) in [6.07, 6.45) is 1.15. The number of nitrogens with two attached hydrogens (primary N) is 1. The molecular formula is C9H20N2. The smallest absolute Gasteiger partial charge is 0.0224 e. The standard InChI is InChI=1S/C9H20N2/c1-7-8(10)5-6-11(7)9(2,3)4/h7-8H,5-6,10H2,1-4H3/t7-,8-/m1/s1. The molecule has 0 bridgehead atoms. The van der Waals surface area contributed by atoms with Crippen LogP contribution in [0.5, 0.6) is 0 Å². The molecule has 1 aliphatic heterocycles. The summed E-state index contributed by atoms with van der Waals surface area (Å²) in [5.74, 6) is 0. The average molecular weight is 156 g/mol. The van der Waals surface area contributed by atoms with Gasteiger partial charge in [0.15, 0.2) is 0 Å². The van der Waals surface area contributed by atoms with Gasteiger partial charge in [-0.05, 0) is 34.1 Å². The Balaban J connectivity index is 2.62. The molecule has 2 N–H and O–H groups in total. The Morgan fingerprint density at radius 2 is 1.91 bits per heavy atom. The lowest BCUT2D eigenvalue weighted by Gasteiger charge is -2.36. The first kappa shape index (κ1) is 9.01. The minimum absolute atomic E-state index is 0.285. The van der Waals surface area contributed by atoms with E-state index in [-0.39, 0.29) is 5.54 Å². The Morgan fingerprint density at radius 1 is 1.36 bits per heavy atom. The summed E-state index contributed by atoms with van der Waals surface area (Å²) in [4.78, 5) is 2.48.